The Bertz CT molecular complexity index is 838. The maximum atomic E-state index is 12.4. The number of benzene rings is 2. The Morgan fingerprint density at radius 3 is 2.40 bits per heavy atom. The number of hydrogen-bond donors (Lipinski definition) is 2. The van der Waals surface area contributed by atoms with Gasteiger partial charge in [-0.15, -0.1) is 0 Å². The van der Waals surface area contributed by atoms with Crippen LogP contribution in [-0.4, -0.2) is 27.0 Å². The van der Waals surface area contributed by atoms with E-state index in [1.165, 1.54) is 19.1 Å². The first-order chi connectivity index (χ1) is 11.8. The molecule has 0 aliphatic carbocycles. The lowest BCUT2D eigenvalue weighted by Crippen LogP contribution is -2.41. The number of nitrogens with one attached hydrogen (secondary N) is 2. The third kappa shape index (κ3) is 5.19. The number of halogens is 1. The summed E-state index contributed by atoms with van der Waals surface area (Å²) >= 11 is 5.98. The third-order valence-corrected chi connectivity index (χ3v) is 5.19. The minimum absolute atomic E-state index is 0.0494. The van der Waals surface area contributed by atoms with Gasteiger partial charge in [0.2, 0.25) is 15.9 Å². The lowest BCUT2D eigenvalue weighted by molar-refractivity contribution is -0.117. The summed E-state index contributed by atoms with van der Waals surface area (Å²) in [4.78, 5) is 12.2. The zero-order valence-corrected chi connectivity index (χ0v) is 15.4. The SMILES string of the molecule is CCOc1ccc(S(=O)(=O)N[C@H](C)C(=O)Nc2ccccc2Cl)cc1. The highest BCUT2D eigenvalue weighted by atomic mass is 35.5. The van der Waals surface area contributed by atoms with Crippen LogP contribution in [0.2, 0.25) is 5.02 Å². The van der Waals surface area contributed by atoms with Crippen molar-refractivity contribution in [3.63, 3.8) is 0 Å². The van der Waals surface area contributed by atoms with E-state index in [2.05, 4.69) is 10.0 Å². The first-order valence-electron chi connectivity index (χ1n) is 7.64. The van der Waals surface area contributed by atoms with Gasteiger partial charge < -0.3 is 10.1 Å². The van der Waals surface area contributed by atoms with E-state index in [0.717, 1.165) is 0 Å². The molecule has 0 aliphatic rings. The normalized spacial score (nSPS) is 12.4. The van der Waals surface area contributed by atoms with Gasteiger partial charge in [-0.1, -0.05) is 23.7 Å². The fourth-order valence-corrected chi connectivity index (χ4v) is 3.43. The topological polar surface area (TPSA) is 84.5 Å². The summed E-state index contributed by atoms with van der Waals surface area (Å²) in [6, 6.07) is 11.7. The van der Waals surface area contributed by atoms with Gasteiger partial charge in [-0.25, -0.2) is 8.42 Å². The molecule has 134 valence electrons. The second-order valence-electron chi connectivity index (χ2n) is 5.22. The molecule has 0 spiro atoms. The van der Waals surface area contributed by atoms with Gasteiger partial charge in [-0.3, -0.25) is 4.79 Å². The van der Waals surface area contributed by atoms with Gasteiger partial charge in [0.25, 0.3) is 0 Å². The average molecular weight is 383 g/mol. The number of anilines is 1. The highest BCUT2D eigenvalue weighted by Crippen LogP contribution is 2.21. The molecule has 1 amide bonds. The van der Waals surface area contributed by atoms with E-state index < -0.39 is 22.0 Å². The molecule has 2 rings (SSSR count). The van der Waals surface area contributed by atoms with Crippen molar-refractivity contribution in [2.45, 2.75) is 24.8 Å². The van der Waals surface area contributed by atoms with Crippen molar-refractivity contribution >= 4 is 33.2 Å². The van der Waals surface area contributed by atoms with E-state index in [1.54, 1.807) is 36.4 Å². The molecule has 0 saturated heterocycles. The number of amides is 1. The number of carbonyl (C=O) groups excluding carboxylic acids is 1. The molecule has 8 heteroatoms. The van der Waals surface area contributed by atoms with Crippen molar-refractivity contribution in [3.05, 3.63) is 53.6 Å². The Hall–Kier alpha value is -2.09. The van der Waals surface area contributed by atoms with Crippen molar-refractivity contribution < 1.29 is 17.9 Å². The molecule has 0 fully saturated rings. The predicted molar refractivity (Wildman–Crippen MR) is 97.5 cm³/mol. The highest BCUT2D eigenvalue weighted by Gasteiger charge is 2.22. The molecule has 0 heterocycles. The molecule has 0 bridgehead atoms. The number of rotatable bonds is 7. The Balaban J connectivity index is 2.06. The van der Waals surface area contributed by atoms with Gasteiger partial charge in [-0.2, -0.15) is 4.72 Å². The van der Waals surface area contributed by atoms with Crippen molar-refractivity contribution in [1.29, 1.82) is 0 Å². The van der Waals surface area contributed by atoms with Gasteiger partial charge in [0.05, 0.1) is 28.3 Å². The van der Waals surface area contributed by atoms with E-state index in [-0.39, 0.29) is 4.90 Å². The molecule has 0 aliphatic heterocycles. The average Bonchev–Trinajstić information content (AvgIpc) is 2.57. The Morgan fingerprint density at radius 1 is 1.16 bits per heavy atom. The smallest absolute Gasteiger partial charge is 0.242 e. The molecule has 1 atom stereocenters. The quantitative estimate of drug-likeness (QED) is 0.770. The second-order valence-corrected chi connectivity index (χ2v) is 7.34. The number of sulfonamides is 1. The number of para-hydroxylation sites is 1. The molecule has 2 aromatic rings. The molecule has 2 N–H and O–H groups in total. The van der Waals surface area contributed by atoms with E-state index in [4.69, 9.17) is 16.3 Å². The molecule has 0 radical (unpaired) electrons. The predicted octanol–water partition coefficient (Wildman–Crippen LogP) is 3.04. The summed E-state index contributed by atoms with van der Waals surface area (Å²) in [5.41, 5.74) is 0.418. The van der Waals surface area contributed by atoms with Crippen molar-refractivity contribution in [2.24, 2.45) is 0 Å². The molecule has 6 nitrogen and oxygen atoms in total. The summed E-state index contributed by atoms with van der Waals surface area (Å²) < 4.78 is 32.4. The van der Waals surface area contributed by atoms with Crippen LogP contribution in [0.5, 0.6) is 5.75 Å². The van der Waals surface area contributed by atoms with Crippen LogP contribution in [0.3, 0.4) is 0 Å². The maximum Gasteiger partial charge on any atom is 0.242 e. The lowest BCUT2D eigenvalue weighted by atomic mass is 10.3. The van der Waals surface area contributed by atoms with Crippen LogP contribution in [-0.2, 0) is 14.8 Å². The molecular weight excluding hydrogens is 364 g/mol. The van der Waals surface area contributed by atoms with Crippen LogP contribution in [0, 0.1) is 0 Å². The van der Waals surface area contributed by atoms with Crippen molar-refractivity contribution in [2.75, 3.05) is 11.9 Å². The third-order valence-electron chi connectivity index (χ3n) is 3.30. The van der Waals surface area contributed by atoms with E-state index in [1.807, 2.05) is 6.92 Å². The number of hydrogen-bond acceptors (Lipinski definition) is 4. The number of carbonyl (C=O) groups is 1. The van der Waals surface area contributed by atoms with Gasteiger partial charge in [0.15, 0.2) is 0 Å². The van der Waals surface area contributed by atoms with Gasteiger partial charge in [-0.05, 0) is 50.2 Å². The van der Waals surface area contributed by atoms with Crippen molar-refractivity contribution in [1.82, 2.24) is 4.72 Å². The zero-order valence-electron chi connectivity index (χ0n) is 13.8. The first kappa shape index (κ1) is 19.2. The van der Waals surface area contributed by atoms with E-state index in [0.29, 0.717) is 23.1 Å². The number of ether oxygens (including phenoxy) is 1. The summed E-state index contributed by atoms with van der Waals surface area (Å²) in [5.74, 6) is 0.0635. The largest absolute Gasteiger partial charge is 0.494 e. The first-order valence-corrected chi connectivity index (χ1v) is 9.50. The van der Waals surface area contributed by atoms with Gasteiger partial charge in [0, 0.05) is 0 Å². The Kier molecular flexibility index (Phi) is 6.41. The summed E-state index contributed by atoms with van der Waals surface area (Å²) in [6.45, 7) is 3.79. The van der Waals surface area contributed by atoms with Crippen LogP contribution in [0.4, 0.5) is 5.69 Å². The molecular formula is C17H19ClN2O4S. The molecule has 25 heavy (non-hydrogen) atoms. The monoisotopic (exact) mass is 382 g/mol. The summed E-state index contributed by atoms with van der Waals surface area (Å²) in [6.07, 6.45) is 0. The molecule has 0 unspecified atom stereocenters. The minimum atomic E-state index is -3.84. The van der Waals surface area contributed by atoms with Gasteiger partial charge in [0.1, 0.15) is 5.75 Å². The fourth-order valence-electron chi connectivity index (χ4n) is 2.04. The summed E-state index contributed by atoms with van der Waals surface area (Å²) in [7, 11) is -3.84. The fraction of sp³-hybridized carbons (Fsp3) is 0.235. The van der Waals surface area contributed by atoms with Crippen LogP contribution >= 0.6 is 11.6 Å². The second kappa shape index (κ2) is 8.33. The highest BCUT2D eigenvalue weighted by molar-refractivity contribution is 7.89. The zero-order chi connectivity index (χ0) is 18.4. The Labute approximate surface area is 152 Å². The standard InChI is InChI=1S/C17H19ClN2O4S/c1-3-24-13-8-10-14(11-9-13)25(22,23)20-12(2)17(21)19-16-7-5-4-6-15(16)18/h4-12,20H,3H2,1-2H3,(H,19,21)/t12-/m1/s1. The maximum absolute atomic E-state index is 12.4. The Morgan fingerprint density at radius 2 is 1.80 bits per heavy atom. The van der Waals surface area contributed by atoms with Crippen LogP contribution in [0.1, 0.15) is 13.8 Å². The minimum Gasteiger partial charge on any atom is -0.494 e. The molecule has 0 aromatic heterocycles. The van der Waals surface area contributed by atoms with Crippen LogP contribution < -0.4 is 14.8 Å². The molecule has 2 aromatic carbocycles. The van der Waals surface area contributed by atoms with E-state index in [9.17, 15) is 13.2 Å². The molecule has 0 saturated carbocycles. The van der Waals surface area contributed by atoms with Crippen LogP contribution in [0.25, 0.3) is 0 Å². The summed E-state index contributed by atoms with van der Waals surface area (Å²) in [5, 5.41) is 2.96. The van der Waals surface area contributed by atoms with Crippen molar-refractivity contribution in [3.8, 4) is 5.75 Å². The van der Waals surface area contributed by atoms with Gasteiger partial charge >= 0.3 is 0 Å². The van der Waals surface area contributed by atoms with Crippen LogP contribution in [0.15, 0.2) is 53.4 Å². The lowest BCUT2D eigenvalue weighted by Gasteiger charge is -2.15. The van der Waals surface area contributed by atoms with E-state index >= 15 is 0 Å².